The molecule has 1 aliphatic rings. The lowest BCUT2D eigenvalue weighted by Crippen LogP contribution is -2.36. The SMILES string of the molecule is CCc1cc(C(=O)OC)c(NC(=O)CN2CCCc3ccccc32)s1. The highest BCUT2D eigenvalue weighted by Gasteiger charge is 2.21. The van der Waals surface area contributed by atoms with E-state index in [2.05, 4.69) is 22.3 Å². The predicted octanol–water partition coefficient (Wildman–Crippen LogP) is 3.49. The van der Waals surface area contributed by atoms with Gasteiger partial charge in [0.05, 0.1) is 19.2 Å². The van der Waals surface area contributed by atoms with Gasteiger partial charge in [0.15, 0.2) is 0 Å². The highest BCUT2D eigenvalue weighted by Crippen LogP contribution is 2.30. The Balaban J connectivity index is 1.74. The van der Waals surface area contributed by atoms with Gasteiger partial charge in [-0.2, -0.15) is 0 Å². The van der Waals surface area contributed by atoms with Gasteiger partial charge in [0.25, 0.3) is 0 Å². The minimum absolute atomic E-state index is 0.119. The van der Waals surface area contributed by atoms with Gasteiger partial charge >= 0.3 is 5.97 Å². The number of carbonyl (C=O) groups is 2. The lowest BCUT2D eigenvalue weighted by Gasteiger charge is -2.30. The van der Waals surface area contributed by atoms with Gasteiger partial charge in [0.1, 0.15) is 5.00 Å². The van der Waals surface area contributed by atoms with Crippen LogP contribution in [0.5, 0.6) is 0 Å². The number of carbonyl (C=O) groups excluding carboxylic acids is 2. The number of benzene rings is 1. The maximum absolute atomic E-state index is 12.6. The molecule has 0 aliphatic carbocycles. The minimum Gasteiger partial charge on any atom is -0.465 e. The van der Waals surface area contributed by atoms with E-state index in [-0.39, 0.29) is 12.5 Å². The van der Waals surface area contributed by atoms with Crippen molar-refractivity contribution in [1.82, 2.24) is 0 Å². The van der Waals surface area contributed by atoms with Crippen molar-refractivity contribution < 1.29 is 14.3 Å². The first-order valence-corrected chi connectivity index (χ1v) is 9.27. The molecule has 2 heterocycles. The van der Waals surface area contributed by atoms with Crippen LogP contribution in [0.25, 0.3) is 0 Å². The molecule has 1 aliphatic heterocycles. The molecule has 6 heteroatoms. The second-order valence-electron chi connectivity index (χ2n) is 6.00. The Hall–Kier alpha value is -2.34. The van der Waals surface area contributed by atoms with Gasteiger partial charge in [-0.3, -0.25) is 4.79 Å². The number of hydrogen-bond donors (Lipinski definition) is 1. The summed E-state index contributed by atoms with van der Waals surface area (Å²) in [6, 6.07) is 9.99. The van der Waals surface area contributed by atoms with Crippen molar-refractivity contribution in [1.29, 1.82) is 0 Å². The zero-order valence-electron chi connectivity index (χ0n) is 14.5. The summed E-state index contributed by atoms with van der Waals surface area (Å²) in [4.78, 5) is 27.6. The van der Waals surface area contributed by atoms with Crippen LogP contribution in [0.2, 0.25) is 0 Å². The Morgan fingerprint density at radius 3 is 2.88 bits per heavy atom. The quantitative estimate of drug-likeness (QED) is 0.831. The van der Waals surface area contributed by atoms with Gasteiger partial charge in [0, 0.05) is 17.1 Å². The molecule has 2 aromatic rings. The summed E-state index contributed by atoms with van der Waals surface area (Å²) in [5.74, 6) is -0.541. The number of amides is 1. The normalized spacial score (nSPS) is 13.3. The lowest BCUT2D eigenvalue weighted by atomic mass is 10.0. The molecule has 1 N–H and O–H groups in total. The fourth-order valence-electron chi connectivity index (χ4n) is 3.09. The van der Waals surface area contributed by atoms with Gasteiger partial charge in [0.2, 0.25) is 5.91 Å². The molecule has 5 nitrogen and oxygen atoms in total. The average molecular weight is 358 g/mol. The van der Waals surface area contributed by atoms with Gasteiger partial charge in [-0.25, -0.2) is 4.79 Å². The summed E-state index contributed by atoms with van der Waals surface area (Å²) < 4.78 is 4.82. The molecule has 1 aromatic carbocycles. The lowest BCUT2D eigenvalue weighted by molar-refractivity contribution is -0.115. The Labute approximate surface area is 151 Å². The fourth-order valence-corrected chi connectivity index (χ4v) is 4.09. The van der Waals surface area contributed by atoms with Crippen molar-refractivity contribution in [3.63, 3.8) is 0 Å². The average Bonchev–Trinajstić information content (AvgIpc) is 3.04. The zero-order valence-corrected chi connectivity index (χ0v) is 15.3. The number of para-hydroxylation sites is 1. The Morgan fingerprint density at radius 1 is 1.32 bits per heavy atom. The topological polar surface area (TPSA) is 58.6 Å². The van der Waals surface area contributed by atoms with E-state index in [0.717, 1.165) is 36.4 Å². The summed E-state index contributed by atoms with van der Waals surface area (Å²) in [6.07, 6.45) is 2.90. The number of anilines is 2. The predicted molar refractivity (Wildman–Crippen MR) is 101 cm³/mol. The second-order valence-corrected chi connectivity index (χ2v) is 7.14. The summed E-state index contributed by atoms with van der Waals surface area (Å²) in [5.41, 5.74) is 2.83. The third-order valence-corrected chi connectivity index (χ3v) is 5.53. The van der Waals surface area contributed by atoms with Crippen molar-refractivity contribution >= 4 is 33.9 Å². The van der Waals surface area contributed by atoms with Crippen LogP contribution in [-0.2, 0) is 22.4 Å². The van der Waals surface area contributed by atoms with E-state index in [4.69, 9.17) is 4.74 Å². The van der Waals surface area contributed by atoms with Crippen molar-refractivity contribution in [2.24, 2.45) is 0 Å². The van der Waals surface area contributed by atoms with Crippen LogP contribution >= 0.6 is 11.3 Å². The number of methoxy groups -OCH3 is 1. The molecular weight excluding hydrogens is 336 g/mol. The third-order valence-electron chi connectivity index (χ3n) is 4.33. The Kier molecular flexibility index (Phi) is 5.38. The molecule has 0 saturated carbocycles. The monoisotopic (exact) mass is 358 g/mol. The van der Waals surface area contributed by atoms with Crippen molar-refractivity contribution in [2.75, 3.05) is 30.4 Å². The van der Waals surface area contributed by atoms with Crippen LogP contribution in [0.3, 0.4) is 0 Å². The fraction of sp³-hybridized carbons (Fsp3) is 0.368. The molecule has 0 saturated heterocycles. The number of esters is 1. The summed E-state index contributed by atoms with van der Waals surface area (Å²) in [7, 11) is 1.35. The molecule has 132 valence electrons. The van der Waals surface area contributed by atoms with Crippen LogP contribution < -0.4 is 10.2 Å². The number of nitrogens with zero attached hydrogens (tertiary/aromatic N) is 1. The summed E-state index contributed by atoms with van der Waals surface area (Å²) in [5, 5.41) is 3.46. The molecule has 1 amide bonds. The van der Waals surface area contributed by atoms with E-state index < -0.39 is 5.97 Å². The molecule has 25 heavy (non-hydrogen) atoms. The Bertz CT molecular complexity index is 785. The van der Waals surface area contributed by atoms with Crippen LogP contribution in [0, 0.1) is 0 Å². The summed E-state index contributed by atoms with van der Waals surface area (Å²) in [6.45, 7) is 3.15. The van der Waals surface area contributed by atoms with E-state index in [1.807, 2.05) is 19.1 Å². The number of hydrogen-bond acceptors (Lipinski definition) is 5. The van der Waals surface area contributed by atoms with Crippen molar-refractivity contribution in [3.8, 4) is 0 Å². The maximum atomic E-state index is 12.6. The number of rotatable bonds is 5. The van der Waals surface area contributed by atoms with E-state index in [1.54, 1.807) is 6.07 Å². The maximum Gasteiger partial charge on any atom is 0.340 e. The highest BCUT2D eigenvalue weighted by atomic mass is 32.1. The van der Waals surface area contributed by atoms with E-state index in [0.29, 0.717) is 10.6 Å². The zero-order chi connectivity index (χ0) is 17.8. The Morgan fingerprint density at radius 2 is 2.12 bits per heavy atom. The molecule has 0 unspecified atom stereocenters. The van der Waals surface area contributed by atoms with Gasteiger partial charge in [-0.05, 0) is 37.0 Å². The van der Waals surface area contributed by atoms with E-state index in [9.17, 15) is 9.59 Å². The molecule has 0 spiro atoms. The summed E-state index contributed by atoms with van der Waals surface area (Å²) >= 11 is 1.43. The van der Waals surface area contributed by atoms with E-state index >= 15 is 0 Å². The molecule has 0 bridgehead atoms. The van der Waals surface area contributed by atoms with Crippen molar-refractivity contribution in [3.05, 3.63) is 46.3 Å². The molecule has 0 radical (unpaired) electrons. The van der Waals surface area contributed by atoms with Gasteiger partial charge in [-0.1, -0.05) is 25.1 Å². The first-order valence-electron chi connectivity index (χ1n) is 8.46. The standard InChI is InChI=1S/C19H22N2O3S/c1-3-14-11-15(19(23)24-2)18(25-14)20-17(22)12-21-10-6-8-13-7-4-5-9-16(13)21/h4-5,7,9,11H,3,6,8,10,12H2,1-2H3,(H,20,22). The second kappa shape index (κ2) is 7.70. The van der Waals surface area contributed by atoms with Crippen LogP contribution in [0.1, 0.15) is 34.1 Å². The van der Waals surface area contributed by atoms with Gasteiger partial charge in [-0.15, -0.1) is 11.3 Å². The number of thiophene rings is 1. The number of fused-ring (bicyclic) bond motifs is 1. The number of nitrogens with one attached hydrogen (secondary N) is 1. The smallest absolute Gasteiger partial charge is 0.340 e. The van der Waals surface area contributed by atoms with Crippen LogP contribution in [0.15, 0.2) is 30.3 Å². The first-order chi connectivity index (χ1) is 12.1. The van der Waals surface area contributed by atoms with Crippen molar-refractivity contribution in [2.45, 2.75) is 26.2 Å². The highest BCUT2D eigenvalue weighted by molar-refractivity contribution is 7.16. The molecule has 0 atom stereocenters. The van der Waals surface area contributed by atoms with E-state index in [1.165, 1.54) is 24.0 Å². The minimum atomic E-state index is -0.422. The molecule has 0 fully saturated rings. The third kappa shape index (κ3) is 3.85. The largest absolute Gasteiger partial charge is 0.465 e. The molecular formula is C19H22N2O3S. The molecule has 3 rings (SSSR count). The number of ether oxygens (including phenoxy) is 1. The van der Waals surface area contributed by atoms with Gasteiger partial charge < -0.3 is 15.0 Å². The van der Waals surface area contributed by atoms with Crippen LogP contribution in [-0.4, -0.2) is 32.1 Å². The first kappa shape index (κ1) is 17.5. The number of aryl methyl sites for hydroxylation is 2. The van der Waals surface area contributed by atoms with Crippen LogP contribution in [0.4, 0.5) is 10.7 Å². The molecule has 1 aromatic heterocycles.